The van der Waals surface area contributed by atoms with Crippen molar-refractivity contribution in [2.24, 2.45) is 0 Å². The van der Waals surface area contributed by atoms with Crippen LogP contribution in [0.5, 0.6) is 0 Å². The van der Waals surface area contributed by atoms with Crippen molar-refractivity contribution in [2.75, 3.05) is 6.54 Å². The Labute approximate surface area is 213 Å². The smallest absolute Gasteiger partial charge is 0.264 e. The molecular formula is C27H34N4O4S. The highest BCUT2D eigenvalue weighted by atomic mass is 32.2. The normalized spacial score (nSPS) is 18.3. The molecular weight excluding hydrogens is 476 g/mol. The Kier molecular flexibility index (Phi) is 8.43. The van der Waals surface area contributed by atoms with E-state index >= 15 is 0 Å². The second-order valence-corrected chi connectivity index (χ2v) is 11.3. The van der Waals surface area contributed by atoms with Crippen LogP contribution in [-0.2, 0) is 32.6 Å². The lowest BCUT2D eigenvalue weighted by molar-refractivity contribution is -0.129. The average molecular weight is 511 g/mol. The van der Waals surface area contributed by atoms with Gasteiger partial charge in [-0.3, -0.25) is 13.9 Å². The standard InChI is InChI=1S/C27H34N4O4S/c1-20-6-12-24(13-7-20)36(34,35)31-17-16-29-27(33)25(31)18-26(32)28-15-14-21-8-10-22(11-9-21)19-30-23-4-2-3-5-23/h6-13,16-17,23,25,30H,2-5,14-15,18-19H2,1H3,(H,28,32)(H,29,33)/t25-/m1/s1. The molecule has 1 aliphatic heterocycles. The number of benzene rings is 2. The second-order valence-electron chi connectivity index (χ2n) is 9.47. The van der Waals surface area contributed by atoms with Gasteiger partial charge in [-0.05, 0) is 49.4 Å². The Bertz CT molecular complexity index is 1190. The Hall–Kier alpha value is -3.17. The second kappa shape index (κ2) is 11.7. The third-order valence-corrected chi connectivity index (χ3v) is 8.54. The van der Waals surface area contributed by atoms with Gasteiger partial charge in [0.15, 0.2) is 0 Å². The Morgan fingerprint density at radius 1 is 1.03 bits per heavy atom. The monoisotopic (exact) mass is 510 g/mol. The van der Waals surface area contributed by atoms with E-state index in [0.717, 1.165) is 22.0 Å². The van der Waals surface area contributed by atoms with E-state index < -0.39 is 22.0 Å². The van der Waals surface area contributed by atoms with Gasteiger partial charge < -0.3 is 16.0 Å². The van der Waals surface area contributed by atoms with Crippen LogP contribution in [0, 0.1) is 6.92 Å². The number of amides is 2. The van der Waals surface area contributed by atoms with E-state index in [9.17, 15) is 18.0 Å². The zero-order chi connectivity index (χ0) is 25.5. The molecule has 9 heteroatoms. The summed E-state index contributed by atoms with van der Waals surface area (Å²) in [6.45, 7) is 3.12. The van der Waals surface area contributed by atoms with Crippen molar-refractivity contribution >= 4 is 21.8 Å². The molecule has 1 atom stereocenters. The van der Waals surface area contributed by atoms with Crippen LogP contribution in [0.25, 0.3) is 0 Å². The van der Waals surface area contributed by atoms with Crippen molar-refractivity contribution in [1.29, 1.82) is 0 Å². The van der Waals surface area contributed by atoms with Gasteiger partial charge in [-0.25, -0.2) is 8.42 Å². The zero-order valence-corrected chi connectivity index (χ0v) is 21.4. The minimum absolute atomic E-state index is 0.0692. The molecule has 0 radical (unpaired) electrons. The summed E-state index contributed by atoms with van der Waals surface area (Å²) in [4.78, 5) is 25.2. The highest BCUT2D eigenvalue weighted by Gasteiger charge is 2.36. The van der Waals surface area contributed by atoms with Crippen molar-refractivity contribution in [3.8, 4) is 0 Å². The number of hydrogen-bond acceptors (Lipinski definition) is 5. The maximum Gasteiger partial charge on any atom is 0.264 e. The number of rotatable bonds is 10. The predicted molar refractivity (Wildman–Crippen MR) is 138 cm³/mol. The van der Waals surface area contributed by atoms with Crippen LogP contribution >= 0.6 is 0 Å². The summed E-state index contributed by atoms with van der Waals surface area (Å²) < 4.78 is 27.3. The summed E-state index contributed by atoms with van der Waals surface area (Å²) in [5, 5.41) is 8.93. The number of nitrogens with zero attached hydrogens (tertiary/aromatic N) is 1. The number of carbonyl (C=O) groups is 2. The first kappa shape index (κ1) is 25.9. The number of sulfonamides is 1. The van der Waals surface area contributed by atoms with Crippen LogP contribution in [-0.4, -0.2) is 43.2 Å². The molecule has 192 valence electrons. The van der Waals surface area contributed by atoms with Crippen molar-refractivity contribution in [3.63, 3.8) is 0 Å². The van der Waals surface area contributed by atoms with Crippen LogP contribution < -0.4 is 16.0 Å². The summed E-state index contributed by atoms with van der Waals surface area (Å²) >= 11 is 0. The van der Waals surface area contributed by atoms with Gasteiger partial charge in [0.25, 0.3) is 10.0 Å². The van der Waals surface area contributed by atoms with E-state index in [-0.39, 0.29) is 17.2 Å². The molecule has 1 aliphatic carbocycles. The van der Waals surface area contributed by atoms with E-state index in [1.54, 1.807) is 12.1 Å². The number of nitrogens with one attached hydrogen (secondary N) is 3. The molecule has 1 saturated carbocycles. The maximum absolute atomic E-state index is 13.1. The molecule has 8 nitrogen and oxygen atoms in total. The molecule has 0 aromatic heterocycles. The summed E-state index contributed by atoms with van der Waals surface area (Å²) in [7, 11) is -3.98. The third-order valence-electron chi connectivity index (χ3n) is 6.74. The van der Waals surface area contributed by atoms with Gasteiger partial charge in [-0.1, -0.05) is 54.8 Å². The maximum atomic E-state index is 13.1. The van der Waals surface area contributed by atoms with Gasteiger partial charge in [-0.15, -0.1) is 0 Å². The molecule has 4 rings (SSSR count). The molecule has 2 amide bonds. The predicted octanol–water partition coefficient (Wildman–Crippen LogP) is 2.74. The topological polar surface area (TPSA) is 108 Å². The first-order valence-electron chi connectivity index (χ1n) is 12.5. The lowest BCUT2D eigenvalue weighted by Crippen LogP contribution is -2.51. The van der Waals surface area contributed by atoms with Crippen LogP contribution in [0.4, 0.5) is 0 Å². The van der Waals surface area contributed by atoms with Crippen LogP contribution in [0.1, 0.15) is 48.8 Å². The minimum atomic E-state index is -3.98. The van der Waals surface area contributed by atoms with Gasteiger partial charge in [0.05, 0.1) is 11.3 Å². The van der Waals surface area contributed by atoms with Crippen LogP contribution in [0.2, 0.25) is 0 Å². The van der Waals surface area contributed by atoms with E-state index in [1.807, 2.05) is 6.92 Å². The van der Waals surface area contributed by atoms with Gasteiger partial charge in [0, 0.05) is 31.5 Å². The quantitative estimate of drug-likeness (QED) is 0.456. The summed E-state index contributed by atoms with van der Waals surface area (Å²) in [6, 6.07) is 14.2. The number of aryl methyl sites for hydroxylation is 1. The van der Waals surface area contributed by atoms with Gasteiger partial charge >= 0.3 is 0 Å². The highest BCUT2D eigenvalue weighted by Crippen LogP contribution is 2.23. The van der Waals surface area contributed by atoms with E-state index in [2.05, 4.69) is 40.2 Å². The first-order valence-corrected chi connectivity index (χ1v) is 13.9. The minimum Gasteiger partial charge on any atom is -0.356 e. The van der Waals surface area contributed by atoms with Crippen molar-refractivity contribution < 1.29 is 18.0 Å². The molecule has 36 heavy (non-hydrogen) atoms. The van der Waals surface area contributed by atoms with Crippen molar-refractivity contribution in [3.05, 3.63) is 77.6 Å². The molecule has 1 heterocycles. The molecule has 0 unspecified atom stereocenters. The molecule has 1 fully saturated rings. The summed E-state index contributed by atoms with van der Waals surface area (Å²) in [5.41, 5.74) is 3.26. The van der Waals surface area contributed by atoms with Gasteiger partial charge in [-0.2, -0.15) is 0 Å². The molecule has 3 N–H and O–H groups in total. The van der Waals surface area contributed by atoms with Crippen molar-refractivity contribution in [2.45, 2.75) is 69.0 Å². The van der Waals surface area contributed by atoms with E-state index in [4.69, 9.17) is 0 Å². The van der Waals surface area contributed by atoms with E-state index in [0.29, 0.717) is 19.0 Å². The molecule has 0 bridgehead atoms. The van der Waals surface area contributed by atoms with Crippen LogP contribution in [0.15, 0.2) is 65.8 Å². The molecule has 0 spiro atoms. The average Bonchev–Trinajstić information content (AvgIpc) is 3.39. The zero-order valence-electron chi connectivity index (χ0n) is 20.6. The van der Waals surface area contributed by atoms with Gasteiger partial charge in [0.1, 0.15) is 6.04 Å². The Morgan fingerprint density at radius 3 is 2.39 bits per heavy atom. The third kappa shape index (κ3) is 6.53. The van der Waals surface area contributed by atoms with Gasteiger partial charge in [0.2, 0.25) is 11.8 Å². The SMILES string of the molecule is Cc1ccc(S(=O)(=O)N2C=CNC(=O)[C@H]2CC(=O)NCCc2ccc(CNC3CCCC3)cc2)cc1. The van der Waals surface area contributed by atoms with E-state index in [1.165, 1.54) is 55.8 Å². The lowest BCUT2D eigenvalue weighted by atomic mass is 10.1. The fourth-order valence-corrected chi connectivity index (χ4v) is 6.03. The summed E-state index contributed by atoms with van der Waals surface area (Å²) in [5.74, 6) is -0.919. The molecule has 2 aromatic rings. The molecule has 2 aliphatic rings. The fraction of sp³-hybridized carbons (Fsp3) is 0.407. The largest absolute Gasteiger partial charge is 0.356 e. The number of carbonyl (C=O) groups excluding carboxylic acids is 2. The number of hydrogen-bond donors (Lipinski definition) is 3. The van der Waals surface area contributed by atoms with Crippen molar-refractivity contribution in [1.82, 2.24) is 20.3 Å². The fourth-order valence-electron chi connectivity index (χ4n) is 4.58. The highest BCUT2D eigenvalue weighted by molar-refractivity contribution is 7.89. The first-order chi connectivity index (χ1) is 17.3. The lowest BCUT2D eigenvalue weighted by Gasteiger charge is -2.31. The Morgan fingerprint density at radius 2 is 1.69 bits per heavy atom. The Balaban J connectivity index is 1.29. The van der Waals surface area contributed by atoms with Crippen LogP contribution in [0.3, 0.4) is 0 Å². The molecule has 0 saturated heterocycles. The summed E-state index contributed by atoms with van der Waals surface area (Å²) in [6.07, 6.45) is 8.07. The molecule has 2 aromatic carbocycles.